The van der Waals surface area contributed by atoms with E-state index in [2.05, 4.69) is 16.7 Å². The predicted molar refractivity (Wildman–Crippen MR) is 105 cm³/mol. The van der Waals surface area contributed by atoms with Crippen LogP contribution < -0.4 is 4.90 Å². The van der Waals surface area contributed by atoms with Gasteiger partial charge in [0.1, 0.15) is 5.82 Å². The second-order valence-electron chi connectivity index (χ2n) is 8.00. The second kappa shape index (κ2) is 8.07. The number of carbonyl (C=O) groups excluding carboxylic acids is 2. The molecule has 6 nitrogen and oxygen atoms in total. The summed E-state index contributed by atoms with van der Waals surface area (Å²) < 4.78 is 13.1. The van der Waals surface area contributed by atoms with Crippen molar-refractivity contribution in [1.29, 1.82) is 0 Å². The van der Waals surface area contributed by atoms with Crippen molar-refractivity contribution < 1.29 is 14.0 Å². The molecule has 1 aliphatic carbocycles. The molecule has 0 radical (unpaired) electrons. The van der Waals surface area contributed by atoms with Crippen molar-refractivity contribution in [2.75, 3.05) is 63.8 Å². The second-order valence-corrected chi connectivity index (χ2v) is 8.00. The summed E-state index contributed by atoms with van der Waals surface area (Å²) in [7, 11) is 0. The number of carbonyl (C=O) groups is 2. The highest BCUT2D eigenvalue weighted by atomic mass is 19.1. The minimum absolute atomic E-state index is 0.115. The summed E-state index contributed by atoms with van der Waals surface area (Å²) in [5, 5.41) is 0. The van der Waals surface area contributed by atoms with Crippen molar-refractivity contribution in [3.05, 3.63) is 30.1 Å². The van der Waals surface area contributed by atoms with Gasteiger partial charge in [-0.3, -0.25) is 9.59 Å². The Morgan fingerprint density at radius 3 is 1.86 bits per heavy atom. The first-order chi connectivity index (χ1) is 13.6. The summed E-state index contributed by atoms with van der Waals surface area (Å²) in [5.41, 5.74) is 0.985. The van der Waals surface area contributed by atoms with Crippen LogP contribution in [0.1, 0.15) is 13.3 Å². The lowest BCUT2D eigenvalue weighted by atomic mass is 10.2. The monoisotopic (exact) mass is 388 g/mol. The number of anilines is 1. The zero-order valence-electron chi connectivity index (χ0n) is 16.5. The maximum Gasteiger partial charge on any atom is 0.226 e. The van der Waals surface area contributed by atoms with E-state index in [1.807, 2.05) is 9.80 Å². The fourth-order valence-corrected chi connectivity index (χ4v) is 4.33. The zero-order chi connectivity index (χ0) is 19.7. The molecule has 2 heterocycles. The van der Waals surface area contributed by atoms with Crippen LogP contribution in [-0.2, 0) is 9.59 Å². The molecule has 1 aromatic carbocycles. The van der Waals surface area contributed by atoms with Crippen molar-refractivity contribution in [2.45, 2.75) is 13.3 Å². The van der Waals surface area contributed by atoms with Crippen LogP contribution in [0.4, 0.5) is 10.1 Å². The van der Waals surface area contributed by atoms with Gasteiger partial charge in [-0.15, -0.1) is 0 Å². The van der Waals surface area contributed by atoms with Crippen LogP contribution in [0.2, 0.25) is 0 Å². The van der Waals surface area contributed by atoms with Crippen molar-refractivity contribution >= 4 is 17.5 Å². The summed E-state index contributed by atoms with van der Waals surface area (Å²) in [6.45, 7) is 9.37. The quantitative estimate of drug-likeness (QED) is 0.780. The highest BCUT2D eigenvalue weighted by molar-refractivity contribution is 5.92. The van der Waals surface area contributed by atoms with Crippen molar-refractivity contribution in [1.82, 2.24) is 14.7 Å². The van der Waals surface area contributed by atoms with Gasteiger partial charge >= 0.3 is 0 Å². The molecule has 0 aromatic heterocycles. The molecule has 4 rings (SSSR count). The summed E-state index contributed by atoms with van der Waals surface area (Å²) in [6.07, 6.45) is 0.698. The van der Waals surface area contributed by atoms with E-state index in [4.69, 9.17) is 0 Å². The van der Waals surface area contributed by atoms with E-state index < -0.39 is 0 Å². The van der Waals surface area contributed by atoms with Gasteiger partial charge in [-0.05, 0) is 37.2 Å². The Morgan fingerprint density at radius 2 is 1.36 bits per heavy atom. The Kier molecular flexibility index (Phi) is 5.53. The number of nitrogens with zero attached hydrogens (tertiary/aromatic N) is 4. The third kappa shape index (κ3) is 3.99. The Bertz CT molecular complexity index is 710. The molecule has 1 aromatic rings. The summed E-state index contributed by atoms with van der Waals surface area (Å²) >= 11 is 0. The maximum atomic E-state index is 13.1. The lowest BCUT2D eigenvalue weighted by molar-refractivity contribution is -0.139. The van der Waals surface area contributed by atoms with Gasteiger partial charge in [-0.2, -0.15) is 0 Å². The van der Waals surface area contributed by atoms with Crippen LogP contribution in [0.25, 0.3) is 0 Å². The molecule has 2 atom stereocenters. The van der Waals surface area contributed by atoms with Gasteiger partial charge in [-0.1, -0.05) is 6.92 Å². The SMILES string of the molecule is CCN1CCN(C(=O)C2CC2C(=O)N2CCN(c3ccc(F)cc3)CC2)CC1. The van der Waals surface area contributed by atoms with Gasteiger partial charge in [0.15, 0.2) is 0 Å². The number of amides is 2. The van der Waals surface area contributed by atoms with Crippen LogP contribution in [0, 0.1) is 17.7 Å². The number of halogens is 1. The lowest BCUT2D eigenvalue weighted by Gasteiger charge is -2.36. The first kappa shape index (κ1) is 19.2. The normalized spacial score (nSPS) is 25.7. The predicted octanol–water partition coefficient (Wildman–Crippen LogP) is 1.27. The Hall–Kier alpha value is -2.15. The topological polar surface area (TPSA) is 47.1 Å². The van der Waals surface area contributed by atoms with Crippen LogP contribution in [-0.4, -0.2) is 85.4 Å². The first-order valence-corrected chi connectivity index (χ1v) is 10.4. The van der Waals surface area contributed by atoms with Crippen LogP contribution in [0.3, 0.4) is 0 Å². The van der Waals surface area contributed by atoms with Crippen molar-refractivity contribution in [3.63, 3.8) is 0 Å². The Balaban J connectivity index is 1.25. The molecular weight excluding hydrogens is 359 g/mol. The number of hydrogen-bond acceptors (Lipinski definition) is 4. The summed E-state index contributed by atoms with van der Waals surface area (Å²) in [4.78, 5) is 33.9. The minimum Gasteiger partial charge on any atom is -0.368 e. The van der Waals surface area contributed by atoms with Gasteiger partial charge in [-0.25, -0.2) is 4.39 Å². The number of likely N-dealkylation sites (N-methyl/N-ethyl adjacent to an activating group) is 1. The number of piperazine rings is 2. The molecule has 0 N–H and O–H groups in total. The molecule has 1 saturated carbocycles. The zero-order valence-corrected chi connectivity index (χ0v) is 16.5. The van der Waals surface area contributed by atoms with Gasteiger partial charge < -0.3 is 19.6 Å². The van der Waals surface area contributed by atoms with Crippen molar-refractivity contribution in [2.24, 2.45) is 11.8 Å². The Morgan fingerprint density at radius 1 is 0.857 bits per heavy atom. The number of rotatable bonds is 4. The van der Waals surface area contributed by atoms with E-state index in [9.17, 15) is 14.0 Å². The standard InChI is InChI=1S/C21H29FN4O2/c1-2-23-7-9-25(10-8-23)20(27)18-15-19(18)21(28)26-13-11-24(12-14-26)17-5-3-16(22)4-6-17/h3-6,18-19H,2,7-15H2,1H3. The Labute approximate surface area is 165 Å². The molecule has 3 aliphatic rings. The van der Waals surface area contributed by atoms with Gasteiger partial charge in [0.05, 0.1) is 11.8 Å². The molecule has 0 bridgehead atoms. The molecule has 2 aliphatic heterocycles. The molecule has 2 amide bonds. The third-order valence-corrected chi connectivity index (χ3v) is 6.34. The molecule has 152 valence electrons. The smallest absolute Gasteiger partial charge is 0.226 e. The maximum absolute atomic E-state index is 13.1. The van der Waals surface area contributed by atoms with Gasteiger partial charge in [0.2, 0.25) is 11.8 Å². The highest BCUT2D eigenvalue weighted by Gasteiger charge is 2.51. The van der Waals surface area contributed by atoms with E-state index in [1.165, 1.54) is 12.1 Å². The molecule has 3 fully saturated rings. The van der Waals surface area contributed by atoms with E-state index >= 15 is 0 Å². The average Bonchev–Trinajstić information content (AvgIpc) is 3.54. The number of hydrogen-bond donors (Lipinski definition) is 0. The third-order valence-electron chi connectivity index (χ3n) is 6.34. The molecule has 2 saturated heterocycles. The molecular formula is C21H29FN4O2. The van der Waals surface area contributed by atoms with E-state index in [0.717, 1.165) is 51.5 Å². The fraction of sp³-hybridized carbons (Fsp3) is 0.619. The van der Waals surface area contributed by atoms with Gasteiger partial charge in [0, 0.05) is 58.0 Å². The van der Waals surface area contributed by atoms with Gasteiger partial charge in [0.25, 0.3) is 0 Å². The van der Waals surface area contributed by atoms with E-state index in [1.54, 1.807) is 12.1 Å². The van der Waals surface area contributed by atoms with Crippen LogP contribution in [0.5, 0.6) is 0 Å². The summed E-state index contributed by atoms with van der Waals surface area (Å²) in [5.74, 6) is -0.189. The molecule has 7 heteroatoms. The average molecular weight is 388 g/mol. The van der Waals surface area contributed by atoms with E-state index in [-0.39, 0.29) is 29.5 Å². The van der Waals surface area contributed by atoms with Crippen molar-refractivity contribution in [3.8, 4) is 0 Å². The van der Waals surface area contributed by atoms with Crippen LogP contribution in [0.15, 0.2) is 24.3 Å². The summed E-state index contributed by atoms with van der Waals surface area (Å²) in [6, 6.07) is 6.49. The molecule has 2 unspecified atom stereocenters. The molecule has 28 heavy (non-hydrogen) atoms. The minimum atomic E-state index is -0.238. The van der Waals surface area contributed by atoms with E-state index in [0.29, 0.717) is 19.5 Å². The number of benzene rings is 1. The van der Waals surface area contributed by atoms with Crippen LogP contribution >= 0.6 is 0 Å². The lowest BCUT2D eigenvalue weighted by Crippen LogP contribution is -2.50. The molecule has 0 spiro atoms. The fourth-order valence-electron chi connectivity index (χ4n) is 4.33. The highest BCUT2D eigenvalue weighted by Crippen LogP contribution is 2.41. The largest absolute Gasteiger partial charge is 0.368 e. The first-order valence-electron chi connectivity index (χ1n) is 10.4.